The summed E-state index contributed by atoms with van der Waals surface area (Å²) in [5.74, 6) is 0.295. The molecule has 100 valence electrons. The van der Waals surface area contributed by atoms with Crippen molar-refractivity contribution in [2.75, 3.05) is 12.8 Å². The molecule has 3 rings (SSSR count). The number of nitrogens with zero attached hydrogens (tertiary/aromatic N) is 3. The van der Waals surface area contributed by atoms with E-state index >= 15 is 0 Å². The number of fused-ring (bicyclic) bond motifs is 3. The molecule has 20 heavy (non-hydrogen) atoms. The van der Waals surface area contributed by atoms with E-state index in [2.05, 4.69) is 19.7 Å². The predicted octanol–water partition coefficient (Wildman–Crippen LogP) is 1.48. The average Bonchev–Trinajstić information content (AvgIpc) is 2.46. The van der Waals surface area contributed by atoms with Crippen molar-refractivity contribution in [3.63, 3.8) is 0 Å². The van der Waals surface area contributed by atoms with Crippen molar-refractivity contribution >= 4 is 33.6 Å². The van der Waals surface area contributed by atoms with Crippen LogP contribution in [0.5, 0.6) is 0 Å². The van der Waals surface area contributed by atoms with Crippen LogP contribution in [-0.2, 0) is 16.0 Å². The van der Waals surface area contributed by atoms with Crippen LogP contribution in [0.15, 0.2) is 30.5 Å². The van der Waals surface area contributed by atoms with E-state index in [1.54, 1.807) is 6.20 Å². The zero-order chi connectivity index (χ0) is 14.1. The molecule has 6 nitrogen and oxygen atoms in total. The summed E-state index contributed by atoms with van der Waals surface area (Å²) in [6, 6.07) is 7.45. The van der Waals surface area contributed by atoms with Crippen LogP contribution in [0.25, 0.3) is 21.8 Å². The number of aromatic nitrogens is 3. The number of methoxy groups -OCH3 is 1. The van der Waals surface area contributed by atoms with Crippen molar-refractivity contribution in [3.8, 4) is 0 Å². The number of ether oxygens (including phenoxy) is 1. The van der Waals surface area contributed by atoms with Gasteiger partial charge in [0.05, 0.1) is 23.5 Å². The first-order valence-electron chi connectivity index (χ1n) is 6.05. The summed E-state index contributed by atoms with van der Waals surface area (Å²) in [5, 5.41) is 1.65. The molecule has 0 saturated heterocycles. The maximum Gasteiger partial charge on any atom is 0.313 e. The van der Waals surface area contributed by atoms with Crippen LogP contribution in [0.1, 0.15) is 5.82 Å². The molecule has 0 atom stereocenters. The molecule has 6 heteroatoms. The summed E-state index contributed by atoms with van der Waals surface area (Å²) in [7, 11) is 1.33. The van der Waals surface area contributed by atoms with Gasteiger partial charge >= 0.3 is 5.97 Å². The Kier molecular flexibility index (Phi) is 2.90. The molecule has 0 aliphatic rings. The van der Waals surface area contributed by atoms with Gasteiger partial charge in [-0.1, -0.05) is 6.07 Å². The summed E-state index contributed by atoms with van der Waals surface area (Å²) in [5.41, 5.74) is 7.53. The Hall–Kier alpha value is -2.76. The summed E-state index contributed by atoms with van der Waals surface area (Å²) in [6.07, 6.45) is 1.72. The second-order valence-corrected chi connectivity index (χ2v) is 4.31. The lowest BCUT2D eigenvalue weighted by Gasteiger charge is -2.07. The van der Waals surface area contributed by atoms with Crippen LogP contribution in [0, 0.1) is 0 Å². The lowest BCUT2D eigenvalue weighted by Crippen LogP contribution is -2.09. The molecule has 2 aromatic heterocycles. The van der Waals surface area contributed by atoms with Gasteiger partial charge in [0, 0.05) is 11.6 Å². The number of carbonyl (C=O) groups excluding carboxylic acids is 1. The molecule has 0 spiro atoms. The van der Waals surface area contributed by atoms with E-state index in [4.69, 9.17) is 5.73 Å². The number of rotatable bonds is 2. The standard InChI is InChI=1S/C14H12N4O2/c1-20-12(19)7-11-17-10-5-4-9-8(3-2-6-16-9)13(10)14(15)18-11/h2-6H,7H2,1H3,(H2,15,17,18). The monoisotopic (exact) mass is 268 g/mol. The van der Waals surface area contributed by atoms with Crippen LogP contribution in [-0.4, -0.2) is 28.0 Å². The van der Waals surface area contributed by atoms with Gasteiger partial charge in [-0.2, -0.15) is 0 Å². The highest BCUT2D eigenvalue weighted by Gasteiger charge is 2.12. The number of hydrogen-bond acceptors (Lipinski definition) is 6. The molecule has 0 unspecified atom stereocenters. The smallest absolute Gasteiger partial charge is 0.313 e. The molecule has 0 saturated carbocycles. The minimum atomic E-state index is -0.397. The second-order valence-electron chi connectivity index (χ2n) is 4.31. The molecule has 2 N–H and O–H groups in total. The molecule has 0 fully saturated rings. The number of anilines is 1. The molecule has 0 bridgehead atoms. The Morgan fingerprint density at radius 3 is 2.85 bits per heavy atom. The average molecular weight is 268 g/mol. The number of esters is 1. The van der Waals surface area contributed by atoms with Gasteiger partial charge in [0.1, 0.15) is 18.1 Å². The van der Waals surface area contributed by atoms with E-state index in [0.717, 1.165) is 16.3 Å². The van der Waals surface area contributed by atoms with Gasteiger partial charge in [-0.15, -0.1) is 0 Å². The third-order valence-corrected chi connectivity index (χ3v) is 3.05. The van der Waals surface area contributed by atoms with E-state index < -0.39 is 5.97 Å². The Morgan fingerprint density at radius 1 is 1.25 bits per heavy atom. The number of hydrogen-bond donors (Lipinski definition) is 1. The molecule has 3 aromatic rings. The van der Waals surface area contributed by atoms with Crippen molar-refractivity contribution < 1.29 is 9.53 Å². The van der Waals surface area contributed by atoms with Crippen LogP contribution in [0.3, 0.4) is 0 Å². The summed E-state index contributed by atoms with van der Waals surface area (Å²) >= 11 is 0. The van der Waals surface area contributed by atoms with E-state index in [-0.39, 0.29) is 6.42 Å². The maximum absolute atomic E-state index is 11.3. The SMILES string of the molecule is COC(=O)Cc1nc(N)c2c(ccc3ncccc32)n1. The Bertz CT molecular complexity index is 817. The van der Waals surface area contributed by atoms with Crippen LogP contribution >= 0.6 is 0 Å². The largest absolute Gasteiger partial charge is 0.469 e. The molecule has 0 aliphatic carbocycles. The summed E-state index contributed by atoms with van der Waals surface area (Å²) < 4.78 is 4.61. The van der Waals surface area contributed by atoms with Crippen molar-refractivity contribution in [3.05, 3.63) is 36.3 Å². The lowest BCUT2D eigenvalue weighted by molar-refractivity contribution is -0.139. The van der Waals surface area contributed by atoms with Crippen molar-refractivity contribution in [1.29, 1.82) is 0 Å². The highest BCUT2D eigenvalue weighted by atomic mass is 16.5. The topological polar surface area (TPSA) is 91.0 Å². The Balaban J connectivity index is 2.23. The molecular weight excluding hydrogens is 256 g/mol. The lowest BCUT2D eigenvalue weighted by atomic mass is 10.1. The van der Waals surface area contributed by atoms with Gasteiger partial charge in [-0.25, -0.2) is 9.97 Å². The normalized spacial score (nSPS) is 10.8. The zero-order valence-corrected chi connectivity index (χ0v) is 10.8. The summed E-state index contributed by atoms with van der Waals surface area (Å²) in [6.45, 7) is 0. The number of nitrogens with two attached hydrogens (primary N) is 1. The van der Waals surface area contributed by atoms with Gasteiger partial charge in [-0.3, -0.25) is 9.78 Å². The second kappa shape index (κ2) is 4.73. The van der Waals surface area contributed by atoms with E-state index in [1.807, 2.05) is 24.3 Å². The Morgan fingerprint density at radius 2 is 2.05 bits per heavy atom. The number of pyridine rings is 1. The van der Waals surface area contributed by atoms with Gasteiger partial charge in [0.25, 0.3) is 0 Å². The first kappa shape index (κ1) is 12.3. The predicted molar refractivity (Wildman–Crippen MR) is 75.0 cm³/mol. The maximum atomic E-state index is 11.3. The molecule has 1 aromatic carbocycles. The van der Waals surface area contributed by atoms with Gasteiger partial charge < -0.3 is 10.5 Å². The first-order chi connectivity index (χ1) is 9.69. The third kappa shape index (κ3) is 2.01. The highest BCUT2D eigenvalue weighted by molar-refractivity contribution is 6.09. The van der Waals surface area contributed by atoms with Gasteiger partial charge in [0.15, 0.2) is 0 Å². The zero-order valence-electron chi connectivity index (χ0n) is 10.8. The molecule has 2 heterocycles. The summed E-state index contributed by atoms with van der Waals surface area (Å²) in [4.78, 5) is 24.1. The Labute approximate surface area is 114 Å². The minimum Gasteiger partial charge on any atom is -0.469 e. The fraction of sp³-hybridized carbons (Fsp3) is 0.143. The van der Waals surface area contributed by atoms with E-state index in [1.165, 1.54) is 7.11 Å². The van der Waals surface area contributed by atoms with E-state index in [9.17, 15) is 4.79 Å². The number of nitrogen functional groups attached to an aromatic ring is 1. The van der Waals surface area contributed by atoms with Gasteiger partial charge in [0.2, 0.25) is 0 Å². The van der Waals surface area contributed by atoms with Crippen molar-refractivity contribution in [1.82, 2.24) is 15.0 Å². The molecule has 0 aliphatic heterocycles. The molecular formula is C14H12N4O2. The third-order valence-electron chi connectivity index (χ3n) is 3.05. The molecule has 0 amide bonds. The van der Waals surface area contributed by atoms with Crippen molar-refractivity contribution in [2.45, 2.75) is 6.42 Å². The van der Waals surface area contributed by atoms with Crippen LogP contribution in [0.4, 0.5) is 5.82 Å². The number of benzene rings is 1. The van der Waals surface area contributed by atoms with E-state index in [0.29, 0.717) is 17.2 Å². The first-order valence-corrected chi connectivity index (χ1v) is 6.05. The fourth-order valence-electron chi connectivity index (χ4n) is 2.14. The quantitative estimate of drug-likeness (QED) is 0.559. The minimum absolute atomic E-state index is 0.00170. The van der Waals surface area contributed by atoms with Gasteiger partial charge in [-0.05, 0) is 18.2 Å². The van der Waals surface area contributed by atoms with Crippen LogP contribution < -0.4 is 5.73 Å². The fourth-order valence-corrected chi connectivity index (χ4v) is 2.14. The van der Waals surface area contributed by atoms with Crippen LogP contribution in [0.2, 0.25) is 0 Å². The number of carbonyl (C=O) groups is 1. The highest BCUT2D eigenvalue weighted by Crippen LogP contribution is 2.26. The van der Waals surface area contributed by atoms with Crippen molar-refractivity contribution in [2.24, 2.45) is 0 Å². The molecule has 0 radical (unpaired) electrons.